The fraction of sp³-hybridized carbons (Fsp3) is 0.167. The van der Waals surface area contributed by atoms with Gasteiger partial charge in [0.2, 0.25) is 0 Å². The van der Waals surface area contributed by atoms with E-state index in [-0.39, 0.29) is 0 Å². The first-order valence-corrected chi connectivity index (χ1v) is 6.11. The summed E-state index contributed by atoms with van der Waals surface area (Å²) >= 11 is 11.9. The van der Waals surface area contributed by atoms with Crippen LogP contribution >= 0.6 is 23.2 Å². The topological polar surface area (TPSA) is 56.7 Å². The zero-order valence-electron chi connectivity index (χ0n) is 9.61. The predicted octanol–water partition coefficient (Wildman–Crippen LogP) is 2.90. The van der Waals surface area contributed by atoms with E-state index in [1.54, 1.807) is 22.9 Å². The van der Waals surface area contributed by atoms with Crippen molar-refractivity contribution in [2.75, 3.05) is 0 Å². The molecule has 0 aliphatic carbocycles. The van der Waals surface area contributed by atoms with Crippen molar-refractivity contribution in [3.8, 4) is 11.3 Å². The molecule has 0 radical (unpaired) electrons. The lowest BCUT2D eigenvalue weighted by molar-refractivity contribution is 0.667. The standard InChI is InChI=1S/C12H12Cl2N4/c1-2-5-18-12(11(7-15)16-17-18)8-3-4-9(13)10(14)6-8/h2-4,6H,1,5,7,15H2. The Morgan fingerprint density at radius 1 is 1.33 bits per heavy atom. The molecule has 0 saturated heterocycles. The summed E-state index contributed by atoms with van der Waals surface area (Å²) < 4.78 is 1.73. The molecule has 1 aromatic carbocycles. The van der Waals surface area contributed by atoms with Gasteiger partial charge >= 0.3 is 0 Å². The minimum absolute atomic E-state index is 0.312. The van der Waals surface area contributed by atoms with Gasteiger partial charge in [0.25, 0.3) is 0 Å². The summed E-state index contributed by atoms with van der Waals surface area (Å²) in [6.45, 7) is 4.56. The zero-order valence-corrected chi connectivity index (χ0v) is 11.1. The highest BCUT2D eigenvalue weighted by molar-refractivity contribution is 6.42. The fourth-order valence-corrected chi connectivity index (χ4v) is 1.99. The third-order valence-corrected chi connectivity index (χ3v) is 3.23. The average molecular weight is 283 g/mol. The van der Waals surface area contributed by atoms with Gasteiger partial charge in [-0.2, -0.15) is 0 Å². The van der Waals surface area contributed by atoms with Gasteiger partial charge in [-0.1, -0.05) is 40.6 Å². The highest BCUT2D eigenvalue weighted by Gasteiger charge is 2.14. The minimum atomic E-state index is 0.312. The van der Waals surface area contributed by atoms with Crippen LogP contribution in [0.15, 0.2) is 30.9 Å². The Kier molecular flexibility index (Phi) is 4.01. The number of rotatable bonds is 4. The van der Waals surface area contributed by atoms with Crippen LogP contribution in [0.2, 0.25) is 10.0 Å². The Balaban J connectivity index is 2.56. The van der Waals surface area contributed by atoms with Crippen molar-refractivity contribution in [1.82, 2.24) is 15.0 Å². The van der Waals surface area contributed by atoms with Crippen LogP contribution in [-0.2, 0) is 13.1 Å². The molecule has 0 unspecified atom stereocenters. The summed E-state index contributed by atoms with van der Waals surface area (Å²) in [7, 11) is 0. The molecule has 18 heavy (non-hydrogen) atoms. The maximum absolute atomic E-state index is 6.02. The summed E-state index contributed by atoms with van der Waals surface area (Å²) in [4.78, 5) is 0. The molecule has 2 N–H and O–H groups in total. The SMILES string of the molecule is C=CCn1nnc(CN)c1-c1ccc(Cl)c(Cl)c1. The van der Waals surface area contributed by atoms with Crippen molar-refractivity contribution in [3.63, 3.8) is 0 Å². The molecule has 4 nitrogen and oxygen atoms in total. The predicted molar refractivity (Wildman–Crippen MR) is 73.6 cm³/mol. The first-order chi connectivity index (χ1) is 8.67. The van der Waals surface area contributed by atoms with Crippen LogP contribution in [0.1, 0.15) is 5.69 Å². The van der Waals surface area contributed by atoms with E-state index in [1.165, 1.54) is 0 Å². The van der Waals surface area contributed by atoms with Crippen LogP contribution in [0, 0.1) is 0 Å². The van der Waals surface area contributed by atoms with E-state index >= 15 is 0 Å². The van der Waals surface area contributed by atoms with Crippen molar-refractivity contribution in [1.29, 1.82) is 0 Å². The van der Waals surface area contributed by atoms with Gasteiger partial charge in [-0.3, -0.25) is 0 Å². The molecule has 0 amide bonds. The third-order valence-electron chi connectivity index (χ3n) is 2.49. The Labute approximate surface area is 115 Å². The second-order valence-corrected chi connectivity index (χ2v) is 4.50. The lowest BCUT2D eigenvalue weighted by Crippen LogP contribution is -2.03. The Bertz CT molecular complexity index is 577. The van der Waals surface area contributed by atoms with Gasteiger partial charge in [-0.15, -0.1) is 11.7 Å². The van der Waals surface area contributed by atoms with Gasteiger partial charge in [0.1, 0.15) is 5.69 Å². The van der Waals surface area contributed by atoms with Crippen LogP contribution in [0.25, 0.3) is 11.3 Å². The molecule has 1 heterocycles. The molecule has 0 aliphatic rings. The maximum atomic E-state index is 6.02. The molecule has 94 valence electrons. The molecule has 0 aliphatic heterocycles. The molecule has 1 aromatic heterocycles. The van der Waals surface area contributed by atoms with E-state index in [0.717, 1.165) is 17.0 Å². The number of benzene rings is 1. The van der Waals surface area contributed by atoms with Crippen LogP contribution in [0.4, 0.5) is 0 Å². The number of nitrogens with two attached hydrogens (primary N) is 1. The van der Waals surface area contributed by atoms with E-state index in [0.29, 0.717) is 23.1 Å². The van der Waals surface area contributed by atoms with Gasteiger partial charge in [0.15, 0.2) is 0 Å². The van der Waals surface area contributed by atoms with Crippen LogP contribution in [0.3, 0.4) is 0 Å². The van der Waals surface area contributed by atoms with E-state index in [1.807, 2.05) is 6.07 Å². The normalized spacial score (nSPS) is 10.6. The van der Waals surface area contributed by atoms with Crippen molar-refractivity contribution < 1.29 is 0 Å². The lowest BCUT2D eigenvalue weighted by Gasteiger charge is -2.07. The van der Waals surface area contributed by atoms with Crippen molar-refractivity contribution in [2.24, 2.45) is 5.73 Å². The van der Waals surface area contributed by atoms with Gasteiger partial charge in [-0.25, -0.2) is 4.68 Å². The molecule has 0 fully saturated rings. The number of hydrogen-bond donors (Lipinski definition) is 1. The molecule has 0 atom stereocenters. The first kappa shape index (κ1) is 13.1. The van der Waals surface area contributed by atoms with E-state index < -0.39 is 0 Å². The molecule has 0 spiro atoms. The van der Waals surface area contributed by atoms with Gasteiger partial charge in [-0.05, 0) is 12.1 Å². The van der Waals surface area contributed by atoms with E-state index in [9.17, 15) is 0 Å². The third kappa shape index (κ3) is 2.41. The molecule has 0 bridgehead atoms. The second kappa shape index (κ2) is 5.52. The molecule has 2 aromatic rings. The monoisotopic (exact) mass is 282 g/mol. The van der Waals surface area contributed by atoms with Crippen molar-refractivity contribution in [2.45, 2.75) is 13.1 Å². The Morgan fingerprint density at radius 3 is 2.72 bits per heavy atom. The van der Waals surface area contributed by atoms with Crippen LogP contribution in [0.5, 0.6) is 0 Å². The molecular formula is C12H12Cl2N4. The maximum Gasteiger partial charge on any atom is 0.104 e. The number of nitrogens with zero attached hydrogens (tertiary/aromatic N) is 3. The second-order valence-electron chi connectivity index (χ2n) is 3.69. The highest BCUT2D eigenvalue weighted by Crippen LogP contribution is 2.29. The van der Waals surface area contributed by atoms with E-state index in [2.05, 4.69) is 16.9 Å². The quantitative estimate of drug-likeness (QED) is 0.878. The fourth-order valence-electron chi connectivity index (χ4n) is 1.70. The summed E-state index contributed by atoms with van der Waals surface area (Å²) in [5.74, 6) is 0. The Hall–Kier alpha value is -1.36. The molecule has 6 heteroatoms. The van der Waals surface area contributed by atoms with E-state index in [4.69, 9.17) is 28.9 Å². The number of allylic oxidation sites excluding steroid dienone is 1. The largest absolute Gasteiger partial charge is 0.325 e. The summed E-state index contributed by atoms with van der Waals surface area (Å²) in [5.41, 5.74) is 8.11. The summed E-state index contributed by atoms with van der Waals surface area (Å²) in [6, 6.07) is 5.39. The molecule has 2 rings (SSSR count). The smallest absolute Gasteiger partial charge is 0.104 e. The summed E-state index contributed by atoms with van der Waals surface area (Å²) in [5, 5.41) is 9.09. The highest BCUT2D eigenvalue weighted by atomic mass is 35.5. The molecule has 0 saturated carbocycles. The zero-order chi connectivity index (χ0) is 13.1. The van der Waals surface area contributed by atoms with Crippen molar-refractivity contribution >= 4 is 23.2 Å². The number of hydrogen-bond acceptors (Lipinski definition) is 3. The van der Waals surface area contributed by atoms with Gasteiger partial charge < -0.3 is 5.73 Å². The summed E-state index contributed by atoms with van der Waals surface area (Å²) in [6.07, 6.45) is 1.75. The average Bonchev–Trinajstić information content (AvgIpc) is 2.76. The first-order valence-electron chi connectivity index (χ1n) is 5.36. The van der Waals surface area contributed by atoms with Crippen LogP contribution in [-0.4, -0.2) is 15.0 Å². The minimum Gasteiger partial charge on any atom is -0.325 e. The van der Waals surface area contributed by atoms with Crippen molar-refractivity contribution in [3.05, 3.63) is 46.6 Å². The van der Waals surface area contributed by atoms with Gasteiger partial charge in [0.05, 0.1) is 22.3 Å². The van der Waals surface area contributed by atoms with Crippen LogP contribution < -0.4 is 5.73 Å². The molecular weight excluding hydrogens is 271 g/mol. The number of halogens is 2. The van der Waals surface area contributed by atoms with Gasteiger partial charge in [0, 0.05) is 12.1 Å². The number of aromatic nitrogens is 3. The Morgan fingerprint density at radius 2 is 2.11 bits per heavy atom. The lowest BCUT2D eigenvalue weighted by atomic mass is 10.1.